The number of hydrogen-bond acceptors (Lipinski definition) is 5. The van der Waals surface area contributed by atoms with Crippen LogP contribution in [0.3, 0.4) is 0 Å². The first kappa shape index (κ1) is 17.2. The van der Waals surface area contributed by atoms with Crippen LogP contribution in [0.2, 0.25) is 0 Å². The molecule has 3 aromatic heterocycles. The average molecular weight is 373 g/mol. The lowest BCUT2D eigenvalue weighted by atomic mass is 9.92. The SMILES string of the molecule is Cc1sc2ncn3c(=O)n(CC(=O)N4C[C@H](C)C[C@@H](C)C4)nc3c2c1C. The number of amides is 1. The molecule has 8 heteroatoms. The maximum Gasteiger partial charge on any atom is 0.352 e. The molecule has 0 unspecified atom stereocenters. The van der Waals surface area contributed by atoms with E-state index in [-0.39, 0.29) is 18.1 Å². The second-order valence-corrected chi connectivity index (χ2v) is 8.79. The maximum atomic E-state index is 12.7. The fourth-order valence-electron chi connectivity index (χ4n) is 3.97. The maximum absolute atomic E-state index is 12.7. The number of carbonyl (C=O) groups excluding carboxylic acids is 1. The molecule has 0 radical (unpaired) electrons. The van der Waals surface area contributed by atoms with Crippen LogP contribution < -0.4 is 5.69 Å². The summed E-state index contributed by atoms with van der Waals surface area (Å²) >= 11 is 1.59. The van der Waals surface area contributed by atoms with E-state index in [9.17, 15) is 9.59 Å². The van der Waals surface area contributed by atoms with Crippen molar-refractivity contribution in [3.8, 4) is 0 Å². The number of aromatic nitrogens is 4. The molecular weight excluding hydrogens is 350 g/mol. The zero-order valence-corrected chi connectivity index (χ0v) is 16.3. The monoisotopic (exact) mass is 373 g/mol. The van der Waals surface area contributed by atoms with Gasteiger partial charge >= 0.3 is 5.69 Å². The first-order valence-corrected chi connectivity index (χ1v) is 9.78. The fraction of sp³-hybridized carbons (Fsp3) is 0.556. The third-order valence-corrected chi connectivity index (χ3v) is 6.37. The molecule has 7 nitrogen and oxygen atoms in total. The average Bonchev–Trinajstić information content (AvgIpc) is 3.04. The van der Waals surface area contributed by atoms with Gasteiger partial charge in [-0.1, -0.05) is 13.8 Å². The Morgan fingerprint density at radius 2 is 1.96 bits per heavy atom. The summed E-state index contributed by atoms with van der Waals surface area (Å²) < 4.78 is 2.71. The van der Waals surface area contributed by atoms with Crippen molar-refractivity contribution in [2.75, 3.05) is 13.1 Å². The molecule has 0 aromatic carbocycles. The van der Waals surface area contributed by atoms with Crippen molar-refractivity contribution < 1.29 is 4.79 Å². The smallest absolute Gasteiger partial charge is 0.341 e. The van der Waals surface area contributed by atoms with Crippen molar-refractivity contribution >= 4 is 33.1 Å². The number of likely N-dealkylation sites (tertiary alicyclic amines) is 1. The summed E-state index contributed by atoms with van der Waals surface area (Å²) in [6.45, 7) is 9.86. The Labute approximate surface area is 155 Å². The molecular formula is C18H23N5O2S. The van der Waals surface area contributed by atoms with Crippen LogP contribution in [0.5, 0.6) is 0 Å². The molecule has 2 atom stereocenters. The minimum atomic E-state index is -0.316. The molecule has 26 heavy (non-hydrogen) atoms. The Morgan fingerprint density at radius 3 is 2.65 bits per heavy atom. The van der Waals surface area contributed by atoms with Crippen LogP contribution in [-0.4, -0.2) is 43.1 Å². The van der Waals surface area contributed by atoms with Gasteiger partial charge in [0.15, 0.2) is 5.65 Å². The Bertz CT molecular complexity index is 1050. The third-order valence-electron chi connectivity index (χ3n) is 5.26. The number of rotatable bonds is 2. The summed E-state index contributed by atoms with van der Waals surface area (Å²) in [5.74, 6) is 0.929. The summed E-state index contributed by atoms with van der Waals surface area (Å²) in [4.78, 5) is 33.7. The Kier molecular flexibility index (Phi) is 4.10. The molecule has 1 amide bonds. The minimum absolute atomic E-state index is 0.0242. The Balaban J connectivity index is 1.71. The van der Waals surface area contributed by atoms with Crippen LogP contribution in [0.4, 0.5) is 0 Å². The van der Waals surface area contributed by atoms with Gasteiger partial charge < -0.3 is 4.90 Å². The number of nitrogens with zero attached hydrogens (tertiary/aromatic N) is 5. The lowest BCUT2D eigenvalue weighted by Crippen LogP contribution is -2.45. The van der Waals surface area contributed by atoms with E-state index in [2.05, 4.69) is 23.9 Å². The van der Waals surface area contributed by atoms with E-state index in [1.54, 1.807) is 11.3 Å². The molecule has 1 fully saturated rings. The summed E-state index contributed by atoms with van der Waals surface area (Å²) in [6, 6.07) is 0. The van der Waals surface area contributed by atoms with Gasteiger partial charge in [-0.2, -0.15) is 0 Å². The first-order chi connectivity index (χ1) is 12.3. The van der Waals surface area contributed by atoms with Gasteiger partial charge in [0.1, 0.15) is 17.7 Å². The van der Waals surface area contributed by atoms with Crippen LogP contribution in [0.15, 0.2) is 11.1 Å². The number of hydrogen-bond donors (Lipinski definition) is 0. The molecule has 1 aliphatic rings. The van der Waals surface area contributed by atoms with E-state index in [1.165, 1.54) is 15.4 Å². The molecule has 4 rings (SSSR count). The van der Waals surface area contributed by atoms with Gasteiger partial charge in [0.05, 0.1) is 5.39 Å². The van der Waals surface area contributed by atoms with Crippen molar-refractivity contribution in [3.05, 3.63) is 27.3 Å². The highest BCUT2D eigenvalue weighted by Gasteiger charge is 2.26. The van der Waals surface area contributed by atoms with E-state index in [4.69, 9.17) is 0 Å². The van der Waals surface area contributed by atoms with Crippen LogP contribution in [0.25, 0.3) is 15.9 Å². The Hall–Kier alpha value is -2.22. The predicted octanol–water partition coefficient (Wildman–Crippen LogP) is 2.23. The third kappa shape index (κ3) is 2.72. The van der Waals surface area contributed by atoms with Gasteiger partial charge in [-0.05, 0) is 37.7 Å². The predicted molar refractivity (Wildman–Crippen MR) is 102 cm³/mol. The van der Waals surface area contributed by atoms with Gasteiger partial charge in [0, 0.05) is 18.0 Å². The summed E-state index contributed by atoms with van der Waals surface area (Å²) in [5, 5.41) is 5.38. The lowest BCUT2D eigenvalue weighted by Gasteiger charge is -2.34. The summed E-state index contributed by atoms with van der Waals surface area (Å²) in [6.07, 6.45) is 2.65. The van der Waals surface area contributed by atoms with Gasteiger partial charge in [0.2, 0.25) is 5.91 Å². The topological polar surface area (TPSA) is 72.5 Å². The van der Waals surface area contributed by atoms with Crippen molar-refractivity contribution in [3.63, 3.8) is 0 Å². The van der Waals surface area contributed by atoms with Crippen molar-refractivity contribution in [2.24, 2.45) is 11.8 Å². The van der Waals surface area contributed by atoms with Crippen molar-refractivity contribution in [2.45, 2.75) is 40.7 Å². The summed E-state index contributed by atoms with van der Waals surface area (Å²) in [5.41, 5.74) is 1.35. The number of carbonyl (C=O) groups is 1. The van der Waals surface area contributed by atoms with Gasteiger partial charge in [-0.3, -0.25) is 4.79 Å². The van der Waals surface area contributed by atoms with Gasteiger partial charge in [0.25, 0.3) is 0 Å². The molecule has 0 aliphatic carbocycles. The highest BCUT2D eigenvalue weighted by atomic mass is 32.1. The second kappa shape index (κ2) is 6.19. The standard InChI is InChI=1S/C18H23N5O2S/c1-10-5-11(2)7-21(6-10)14(24)8-23-18(25)22-9-19-17-15(16(22)20-23)12(3)13(4)26-17/h9-11H,5-8H2,1-4H3/t10-,11-/m1/s1. The van der Waals surface area contributed by atoms with E-state index in [1.807, 2.05) is 18.7 Å². The number of fused-ring (bicyclic) bond motifs is 3. The molecule has 138 valence electrons. The quantitative estimate of drug-likeness (QED) is 0.690. The summed E-state index contributed by atoms with van der Waals surface area (Å²) in [7, 11) is 0. The van der Waals surface area contributed by atoms with E-state index in [0.29, 0.717) is 17.5 Å². The fourth-order valence-corrected chi connectivity index (χ4v) is 4.96. The zero-order valence-electron chi connectivity index (χ0n) is 15.5. The first-order valence-electron chi connectivity index (χ1n) is 8.96. The van der Waals surface area contributed by atoms with E-state index in [0.717, 1.165) is 40.2 Å². The minimum Gasteiger partial charge on any atom is -0.341 e. The van der Waals surface area contributed by atoms with Gasteiger partial charge in [-0.15, -0.1) is 16.4 Å². The van der Waals surface area contributed by atoms with Crippen LogP contribution in [0, 0.1) is 25.7 Å². The number of piperidine rings is 1. The number of thiophene rings is 1. The largest absolute Gasteiger partial charge is 0.352 e. The molecule has 1 saturated heterocycles. The number of aryl methyl sites for hydroxylation is 2. The second-order valence-electron chi connectivity index (χ2n) is 7.59. The molecule has 0 saturated carbocycles. The van der Waals surface area contributed by atoms with Crippen molar-refractivity contribution in [1.29, 1.82) is 0 Å². The van der Waals surface area contributed by atoms with Crippen LogP contribution in [0.1, 0.15) is 30.7 Å². The molecule has 0 N–H and O–H groups in total. The van der Waals surface area contributed by atoms with E-state index < -0.39 is 0 Å². The van der Waals surface area contributed by atoms with E-state index >= 15 is 0 Å². The Morgan fingerprint density at radius 1 is 1.27 bits per heavy atom. The molecule has 0 spiro atoms. The highest BCUT2D eigenvalue weighted by molar-refractivity contribution is 7.18. The van der Waals surface area contributed by atoms with Crippen LogP contribution in [-0.2, 0) is 11.3 Å². The normalized spacial score (nSPS) is 21.0. The van der Waals surface area contributed by atoms with Crippen molar-refractivity contribution in [1.82, 2.24) is 24.1 Å². The molecule has 4 heterocycles. The molecule has 0 bridgehead atoms. The zero-order chi connectivity index (χ0) is 18.6. The highest BCUT2D eigenvalue weighted by Crippen LogP contribution is 2.30. The molecule has 1 aliphatic heterocycles. The van der Waals surface area contributed by atoms with Gasteiger partial charge in [-0.25, -0.2) is 18.9 Å². The molecule has 3 aromatic rings. The lowest BCUT2D eigenvalue weighted by molar-refractivity contribution is -0.134. The van der Waals surface area contributed by atoms with Crippen LogP contribution >= 0.6 is 11.3 Å².